The summed E-state index contributed by atoms with van der Waals surface area (Å²) in [4.78, 5) is 13.5. The molecule has 0 amide bonds. The van der Waals surface area contributed by atoms with Crippen molar-refractivity contribution in [2.24, 2.45) is 5.92 Å². The Morgan fingerprint density at radius 2 is 1.60 bits per heavy atom. The van der Waals surface area contributed by atoms with Crippen LogP contribution in [-0.2, 0) is 26.5 Å². The average Bonchev–Trinajstić information content (AvgIpc) is 3.58. The molecule has 204 valence electrons. The lowest BCUT2D eigenvalue weighted by Crippen LogP contribution is -2.40. The zero-order valence-corrected chi connectivity index (χ0v) is 22.1. The van der Waals surface area contributed by atoms with Crippen molar-refractivity contribution < 1.29 is 33.6 Å². The SMILES string of the molecule is COC(=O)[C@@H]1[C@@H](c2ccc3c(c2)OCO3)c2ccccc2C1(O)c1ccccc1OCCOCc1ccccc1. The number of ether oxygens (including phenoxy) is 5. The Morgan fingerprint density at radius 1 is 0.875 bits per heavy atom. The van der Waals surface area contributed by atoms with E-state index in [1.165, 1.54) is 7.11 Å². The van der Waals surface area contributed by atoms with Gasteiger partial charge in [0.05, 0.1) is 20.3 Å². The summed E-state index contributed by atoms with van der Waals surface area (Å²) < 4.78 is 28.4. The standard InChI is InChI=1S/C33H30O7/c1-36-32(34)31-30(23-15-16-28-29(19-23)40-21-39-28)24-11-5-6-12-25(24)33(31,35)26-13-7-8-14-27(26)38-18-17-37-20-22-9-3-2-4-10-22/h2-16,19,30-31,35H,17-18,20-21H2,1H3/t30-,31-,33?/m0/s1. The number of aliphatic hydroxyl groups is 1. The number of hydrogen-bond donors (Lipinski definition) is 1. The second-order valence-corrected chi connectivity index (χ2v) is 9.83. The summed E-state index contributed by atoms with van der Waals surface area (Å²) in [6, 6.07) is 30.4. The Labute approximate surface area is 232 Å². The zero-order chi connectivity index (χ0) is 27.5. The maximum atomic E-state index is 13.5. The van der Waals surface area contributed by atoms with Crippen molar-refractivity contribution >= 4 is 5.97 Å². The highest BCUT2D eigenvalue weighted by molar-refractivity contribution is 5.81. The molecule has 1 N–H and O–H groups in total. The average molecular weight is 539 g/mol. The molecule has 0 bridgehead atoms. The predicted octanol–water partition coefficient (Wildman–Crippen LogP) is 5.18. The number of esters is 1. The minimum atomic E-state index is -1.72. The van der Waals surface area contributed by atoms with Gasteiger partial charge in [0.1, 0.15) is 23.9 Å². The molecule has 1 aliphatic heterocycles. The third-order valence-corrected chi connectivity index (χ3v) is 7.60. The van der Waals surface area contributed by atoms with Crippen LogP contribution in [0.5, 0.6) is 17.2 Å². The molecule has 4 aromatic rings. The lowest BCUT2D eigenvalue weighted by atomic mass is 9.76. The molecule has 0 saturated carbocycles. The molecular formula is C33H30O7. The molecule has 1 aliphatic carbocycles. The Hall–Kier alpha value is -4.33. The third-order valence-electron chi connectivity index (χ3n) is 7.60. The third kappa shape index (κ3) is 4.57. The maximum absolute atomic E-state index is 13.5. The van der Waals surface area contributed by atoms with Gasteiger partial charge >= 0.3 is 5.97 Å². The summed E-state index contributed by atoms with van der Waals surface area (Å²) in [5, 5.41) is 12.7. The van der Waals surface area contributed by atoms with Crippen molar-refractivity contribution in [3.63, 3.8) is 0 Å². The maximum Gasteiger partial charge on any atom is 0.313 e. The van der Waals surface area contributed by atoms with Crippen molar-refractivity contribution in [1.82, 2.24) is 0 Å². The minimum Gasteiger partial charge on any atom is -0.491 e. The first-order valence-electron chi connectivity index (χ1n) is 13.2. The number of carbonyl (C=O) groups is 1. The van der Waals surface area contributed by atoms with E-state index in [1.807, 2.05) is 84.9 Å². The van der Waals surface area contributed by atoms with Crippen LogP contribution in [0.1, 0.15) is 33.7 Å². The molecule has 0 saturated heterocycles. The van der Waals surface area contributed by atoms with Crippen LogP contribution in [0.4, 0.5) is 0 Å². The molecule has 7 heteroatoms. The quantitative estimate of drug-likeness (QED) is 0.232. The summed E-state index contributed by atoms with van der Waals surface area (Å²) in [5.41, 5.74) is 2.13. The highest BCUT2D eigenvalue weighted by Crippen LogP contribution is 2.57. The van der Waals surface area contributed by atoms with Crippen molar-refractivity contribution in [2.45, 2.75) is 18.1 Å². The van der Waals surface area contributed by atoms with Gasteiger partial charge in [0.25, 0.3) is 0 Å². The van der Waals surface area contributed by atoms with Crippen LogP contribution < -0.4 is 14.2 Å². The molecule has 7 nitrogen and oxygen atoms in total. The van der Waals surface area contributed by atoms with Crippen molar-refractivity contribution in [3.05, 3.63) is 125 Å². The molecule has 6 rings (SSSR count). The Kier molecular flexibility index (Phi) is 7.15. The van der Waals surface area contributed by atoms with E-state index in [9.17, 15) is 9.90 Å². The Bertz CT molecular complexity index is 1500. The molecule has 0 aromatic heterocycles. The van der Waals surface area contributed by atoms with Crippen molar-refractivity contribution in [1.29, 1.82) is 0 Å². The van der Waals surface area contributed by atoms with E-state index < -0.39 is 23.4 Å². The molecule has 4 aromatic carbocycles. The van der Waals surface area contributed by atoms with Crippen LogP contribution >= 0.6 is 0 Å². The van der Waals surface area contributed by atoms with Gasteiger partial charge in [-0.2, -0.15) is 0 Å². The fourth-order valence-electron chi connectivity index (χ4n) is 5.81. The van der Waals surface area contributed by atoms with Crippen molar-refractivity contribution in [3.8, 4) is 17.2 Å². The fourth-order valence-corrected chi connectivity index (χ4v) is 5.81. The molecule has 40 heavy (non-hydrogen) atoms. The number of benzene rings is 4. The number of rotatable bonds is 9. The van der Waals surface area contributed by atoms with Crippen molar-refractivity contribution in [2.75, 3.05) is 27.1 Å². The largest absolute Gasteiger partial charge is 0.491 e. The van der Waals surface area contributed by atoms with Crippen LogP contribution in [0.3, 0.4) is 0 Å². The van der Waals surface area contributed by atoms with Gasteiger partial charge in [-0.1, -0.05) is 78.9 Å². The number of carbonyl (C=O) groups excluding carboxylic acids is 1. The molecule has 0 spiro atoms. The van der Waals surface area contributed by atoms with Crippen LogP contribution in [0, 0.1) is 5.92 Å². The Balaban J connectivity index is 1.34. The van der Waals surface area contributed by atoms with Gasteiger partial charge in [-0.25, -0.2) is 0 Å². The first-order chi connectivity index (χ1) is 19.6. The van der Waals surface area contributed by atoms with E-state index in [0.29, 0.717) is 41.6 Å². The van der Waals surface area contributed by atoms with Crippen LogP contribution in [0.15, 0.2) is 97.1 Å². The minimum absolute atomic E-state index is 0.143. The molecule has 0 fully saturated rings. The van der Waals surface area contributed by atoms with Gasteiger partial charge < -0.3 is 28.8 Å². The first-order valence-corrected chi connectivity index (χ1v) is 13.2. The fraction of sp³-hybridized carbons (Fsp3) is 0.242. The zero-order valence-electron chi connectivity index (χ0n) is 22.1. The van der Waals surface area contributed by atoms with Gasteiger partial charge in [0, 0.05) is 11.5 Å². The monoisotopic (exact) mass is 538 g/mol. The molecular weight excluding hydrogens is 508 g/mol. The molecule has 3 atom stereocenters. The van der Waals surface area contributed by atoms with E-state index >= 15 is 0 Å². The van der Waals surface area contributed by atoms with Crippen LogP contribution in [0.2, 0.25) is 0 Å². The van der Waals surface area contributed by atoms with E-state index in [2.05, 4.69) is 0 Å². The second-order valence-electron chi connectivity index (χ2n) is 9.83. The number of fused-ring (bicyclic) bond motifs is 2. The van der Waals surface area contributed by atoms with E-state index in [-0.39, 0.29) is 13.4 Å². The van der Waals surface area contributed by atoms with E-state index in [1.54, 1.807) is 12.1 Å². The van der Waals surface area contributed by atoms with Crippen LogP contribution in [0.25, 0.3) is 0 Å². The van der Waals surface area contributed by atoms with Gasteiger partial charge in [-0.05, 0) is 40.5 Å². The summed E-state index contributed by atoms with van der Waals surface area (Å²) in [5.74, 6) is -0.271. The van der Waals surface area contributed by atoms with Gasteiger partial charge in [0.2, 0.25) is 6.79 Å². The lowest BCUT2D eigenvalue weighted by Gasteiger charge is -2.33. The molecule has 0 radical (unpaired) electrons. The molecule has 1 unspecified atom stereocenters. The normalized spacial score (nSPS) is 20.6. The van der Waals surface area contributed by atoms with Gasteiger partial charge in [-0.15, -0.1) is 0 Å². The summed E-state index contributed by atoms with van der Waals surface area (Å²) in [6.45, 7) is 1.25. The first kappa shape index (κ1) is 25.9. The van der Waals surface area contributed by atoms with Gasteiger partial charge in [-0.3, -0.25) is 4.79 Å². The topological polar surface area (TPSA) is 83.5 Å². The molecule has 1 heterocycles. The smallest absolute Gasteiger partial charge is 0.313 e. The summed E-state index contributed by atoms with van der Waals surface area (Å²) in [6.07, 6.45) is 0. The highest BCUT2D eigenvalue weighted by Gasteiger charge is 2.58. The number of para-hydroxylation sites is 1. The van der Waals surface area contributed by atoms with E-state index in [0.717, 1.165) is 16.7 Å². The van der Waals surface area contributed by atoms with Gasteiger partial charge in [0.15, 0.2) is 11.5 Å². The summed E-state index contributed by atoms with van der Waals surface area (Å²) >= 11 is 0. The predicted molar refractivity (Wildman–Crippen MR) is 147 cm³/mol. The summed E-state index contributed by atoms with van der Waals surface area (Å²) in [7, 11) is 1.34. The highest BCUT2D eigenvalue weighted by atomic mass is 16.7. The number of methoxy groups -OCH3 is 1. The van der Waals surface area contributed by atoms with E-state index in [4.69, 9.17) is 23.7 Å². The van der Waals surface area contributed by atoms with Crippen LogP contribution in [-0.4, -0.2) is 38.2 Å². The lowest BCUT2D eigenvalue weighted by molar-refractivity contribution is -0.153. The number of hydrogen-bond acceptors (Lipinski definition) is 7. The second kappa shape index (κ2) is 11.0. The Morgan fingerprint density at radius 3 is 2.42 bits per heavy atom. The molecule has 2 aliphatic rings.